The van der Waals surface area contributed by atoms with Crippen LogP contribution in [0.15, 0.2) is 30.3 Å². The Morgan fingerprint density at radius 2 is 1.79 bits per heavy atom. The van der Waals surface area contributed by atoms with Crippen molar-refractivity contribution >= 4 is 11.8 Å². The molecule has 2 amide bonds. The largest absolute Gasteiger partial charge is 0.354 e. The first-order valence-corrected chi connectivity index (χ1v) is 9.78. The van der Waals surface area contributed by atoms with Gasteiger partial charge in [-0.2, -0.15) is 5.10 Å². The van der Waals surface area contributed by atoms with Crippen LogP contribution in [-0.2, 0) is 16.8 Å². The van der Waals surface area contributed by atoms with Gasteiger partial charge < -0.3 is 10.6 Å². The average molecular weight is 385 g/mol. The third kappa shape index (κ3) is 5.94. The lowest BCUT2D eigenvalue weighted by Gasteiger charge is -2.19. The van der Waals surface area contributed by atoms with Crippen molar-refractivity contribution in [1.82, 2.24) is 20.4 Å². The number of aromatic nitrogens is 2. The third-order valence-corrected chi connectivity index (χ3v) is 4.70. The van der Waals surface area contributed by atoms with Crippen LogP contribution in [0, 0.1) is 13.8 Å². The summed E-state index contributed by atoms with van der Waals surface area (Å²) in [7, 11) is 0. The van der Waals surface area contributed by atoms with Gasteiger partial charge in [-0.3, -0.25) is 14.3 Å². The summed E-state index contributed by atoms with van der Waals surface area (Å²) in [5.41, 5.74) is 3.86. The minimum atomic E-state index is -0.594. The number of aryl methyl sites for hydroxylation is 3. The van der Waals surface area contributed by atoms with Crippen LogP contribution in [0.5, 0.6) is 0 Å². The quantitative estimate of drug-likeness (QED) is 0.720. The molecule has 0 saturated carbocycles. The molecule has 0 unspecified atom stereocenters. The third-order valence-electron chi connectivity index (χ3n) is 4.70. The van der Waals surface area contributed by atoms with Gasteiger partial charge >= 0.3 is 0 Å². The van der Waals surface area contributed by atoms with Crippen LogP contribution in [-0.4, -0.2) is 34.2 Å². The summed E-state index contributed by atoms with van der Waals surface area (Å²) in [6, 6.07) is 8.95. The van der Waals surface area contributed by atoms with Crippen LogP contribution >= 0.6 is 0 Å². The topological polar surface area (TPSA) is 76.0 Å². The molecule has 1 heterocycles. The molecule has 0 spiro atoms. The highest BCUT2D eigenvalue weighted by atomic mass is 16.2. The van der Waals surface area contributed by atoms with Gasteiger partial charge in [0.1, 0.15) is 6.04 Å². The molecule has 0 aliphatic rings. The van der Waals surface area contributed by atoms with E-state index in [1.165, 1.54) is 0 Å². The Labute approximate surface area is 167 Å². The van der Waals surface area contributed by atoms with E-state index in [2.05, 4.69) is 36.5 Å². The zero-order valence-electron chi connectivity index (χ0n) is 17.8. The number of nitrogens with one attached hydrogen (secondary N) is 2. The highest BCUT2D eigenvalue weighted by molar-refractivity contribution is 5.97. The number of amides is 2. The highest BCUT2D eigenvalue weighted by Crippen LogP contribution is 2.22. The van der Waals surface area contributed by atoms with E-state index in [1.54, 1.807) is 19.1 Å². The molecule has 2 rings (SSSR count). The number of carbonyl (C=O) groups excluding carboxylic acids is 2. The maximum Gasteiger partial charge on any atom is 0.251 e. The van der Waals surface area contributed by atoms with Gasteiger partial charge in [0.15, 0.2) is 0 Å². The molecule has 1 aromatic carbocycles. The van der Waals surface area contributed by atoms with E-state index in [-0.39, 0.29) is 17.2 Å². The summed E-state index contributed by atoms with van der Waals surface area (Å²) >= 11 is 0. The molecule has 2 aromatic rings. The summed E-state index contributed by atoms with van der Waals surface area (Å²) in [6.07, 6.45) is 0.780. The van der Waals surface area contributed by atoms with E-state index >= 15 is 0 Å². The van der Waals surface area contributed by atoms with Crippen LogP contribution < -0.4 is 10.6 Å². The van der Waals surface area contributed by atoms with E-state index in [9.17, 15) is 9.59 Å². The van der Waals surface area contributed by atoms with Gasteiger partial charge in [-0.05, 0) is 56.4 Å². The standard InChI is InChI=1S/C22H32N4O2/c1-15-14-16(2)26(25-15)13-7-12-23-20(27)17(3)24-21(28)18-8-10-19(11-9-18)22(4,5)6/h8-11,14,17H,7,12-13H2,1-6H3,(H,23,27)(H,24,28)/t17-/m1/s1. The van der Waals surface area contributed by atoms with E-state index in [4.69, 9.17) is 0 Å². The Kier molecular flexibility index (Phi) is 7.00. The van der Waals surface area contributed by atoms with Gasteiger partial charge in [-0.25, -0.2) is 0 Å². The fourth-order valence-electron chi connectivity index (χ4n) is 2.96. The fourth-order valence-corrected chi connectivity index (χ4v) is 2.96. The van der Waals surface area contributed by atoms with Crippen molar-refractivity contribution in [3.05, 3.63) is 52.8 Å². The molecule has 2 N–H and O–H groups in total. The van der Waals surface area contributed by atoms with Crippen molar-refractivity contribution in [3.63, 3.8) is 0 Å². The zero-order chi connectivity index (χ0) is 20.9. The predicted molar refractivity (Wildman–Crippen MR) is 111 cm³/mol. The fraction of sp³-hybridized carbons (Fsp3) is 0.500. The molecular formula is C22H32N4O2. The molecule has 152 valence electrons. The Hall–Kier alpha value is -2.63. The number of nitrogens with zero attached hydrogens (tertiary/aromatic N) is 2. The molecular weight excluding hydrogens is 352 g/mol. The summed E-state index contributed by atoms with van der Waals surface area (Å²) in [6.45, 7) is 13.3. The van der Waals surface area contributed by atoms with Gasteiger partial charge in [0, 0.05) is 24.3 Å². The van der Waals surface area contributed by atoms with Crippen molar-refractivity contribution in [2.45, 2.75) is 66.0 Å². The summed E-state index contributed by atoms with van der Waals surface area (Å²) in [4.78, 5) is 24.6. The minimum Gasteiger partial charge on any atom is -0.354 e. The van der Waals surface area contributed by atoms with Crippen LogP contribution in [0.25, 0.3) is 0 Å². The van der Waals surface area contributed by atoms with Crippen LogP contribution in [0.4, 0.5) is 0 Å². The molecule has 1 aromatic heterocycles. The van der Waals surface area contributed by atoms with Crippen LogP contribution in [0.2, 0.25) is 0 Å². The molecule has 0 saturated heterocycles. The first-order valence-electron chi connectivity index (χ1n) is 9.78. The lowest BCUT2D eigenvalue weighted by Crippen LogP contribution is -2.45. The minimum absolute atomic E-state index is 0.0373. The average Bonchev–Trinajstić information content (AvgIpc) is 2.95. The molecule has 0 radical (unpaired) electrons. The van der Waals surface area contributed by atoms with Crippen molar-refractivity contribution in [3.8, 4) is 0 Å². The first-order chi connectivity index (χ1) is 13.1. The van der Waals surface area contributed by atoms with E-state index in [0.29, 0.717) is 12.1 Å². The molecule has 6 nitrogen and oxygen atoms in total. The SMILES string of the molecule is Cc1cc(C)n(CCCNC(=O)[C@@H](C)NC(=O)c2ccc(C(C)(C)C)cc2)n1. The number of rotatable bonds is 7. The van der Waals surface area contributed by atoms with Gasteiger partial charge in [0.05, 0.1) is 5.69 Å². The lowest BCUT2D eigenvalue weighted by atomic mass is 9.86. The molecule has 0 bridgehead atoms. The zero-order valence-corrected chi connectivity index (χ0v) is 17.8. The summed E-state index contributed by atoms with van der Waals surface area (Å²) in [5.74, 6) is -0.432. The molecule has 1 atom stereocenters. The Bertz CT molecular complexity index is 816. The number of hydrogen-bond donors (Lipinski definition) is 2. The van der Waals surface area contributed by atoms with Crippen molar-refractivity contribution in [2.75, 3.05) is 6.54 Å². The van der Waals surface area contributed by atoms with E-state index in [1.807, 2.05) is 36.7 Å². The molecule has 28 heavy (non-hydrogen) atoms. The smallest absolute Gasteiger partial charge is 0.251 e. The van der Waals surface area contributed by atoms with Crippen LogP contribution in [0.1, 0.15) is 61.4 Å². The van der Waals surface area contributed by atoms with E-state index < -0.39 is 6.04 Å². The first kappa shape index (κ1) is 21.7. The summed E-state index contributed by atoms with van der Waals surface area (Å²) < 4.78 is 1.94. The van der Waals surface area contributed by atoms with Crippen LogP contribution in [0.3, 0.4) is 0 Å². The monoisotopic (exact) mass is 384 g/mol. The number of carbonyl (C=O) groups is 2. The van der Waals surface area contributed by atoms with Gasteiger partial charge in [-0.15, -0.1) is 0 Å². The number of benzene rings is 1. The normalized spacial score (nSPS) is 12.5. The van der Waals surface area contributed by atoms with Crippen molar-refractivity contribution < 1.29 is 9.59 Å². The summed E-state index contributed by atoms with van der Waals surface area (Å²) in [5, 5.41) is 10.0. The molecule has 0 fully saturated rings. The maximum atomic E-state index is 12.4. The molecule has 0 aliphatic heterocycles. The Morgan fingerprint density at radius 3 is 2.32 bits per heavy atom. The Morgan fingerprint density at radius 1 is 1.14 bits per heavy atom. The lowest BCUT2D eigenvalue weighted by molar-refractivity contribution is -0.122. The number of hydrogen-bond acceptors (Lipinski definition) is 3. The van der Waals surface area contributed by atoms with E-state index in [0.717, 1.165) is 29.9 Å². The Balaban J connectivity index is 1.78. The second-order valence-electron chi connectivity index (χ2n) is 8.32. The van der Waals surface area contributed by atoms with Crippen molar-refractivity contribution in [1.29, 1.82) is 0 Å². The molecule has 0 aliphatic carbocycles. The second kappa shape index (κ2) is 9.04. The maximum absolute atomic E-state index is 12.4. The molecule has 6 heteroatoms. The van der Waals surface area contributed by atoms with Gasteiger partial charge in [0.25, 0.3) is 5.91 Å². The van der Waals surface area contributed by atoms with Gasteiger partial charge in [0.2, 0.25) is 5.91 Å². The second-order valence-corrected chi connectivity index (χ2v) is 8.32. The predicted octanol–water partition coefficient (Wildman–Crippen LogP) is 3.12. The van der Waals surface area contributed by atoms with Crippen molar-refractivity contribution in [2.24, 2.45) is 0 Å². The van der Waals surface area contributed by atoms with Gasteiger partial charge in [-0.1, -0.05) is 32.9 Å². The highest BCUT2D eigenvalue weighted by Gasteiger charge is 2.18.